The van der Waals surface area contributed by atoms with Crippen LogP contribution in [-0.4, -0.2) is 76.4 Å². The highest BCUT2D eigenvalue weighted by Gasteiger charge is 2.28. The smallest absolute Gasteiger partial charge is 0.317 e. The van der Waals surface area contributed by atoms with Crippen molar-refractivity contribution in [2.24, 2.45) is 5.92 Å². The molecule has 0 aromatic heterocycles. The normalized spacial score (nSPS) is 17.2. The second-order valence-corrected chi connectivity index (χ2v) is 13.1. The van der Waals surface area contributed by atoms with Crippen LogP contribution in [0.3, 0.4) is 0 Å². The molecule has 1 aliphatic heterocycles. The van der Waals surface area contributed by atoms with Gasteiger partial charge in [0.05, 0.1) is 12.9 Å². The van der Waals surface area contributed by atoms with Crippen LogP contribution in [0.2, 0.25) is 0 Å². The Balaban J connectivity index is 1.22. The number of nitrogens with zero attached hydrogens (tertiary/aromatic N) is 2. The molecule has 2 aromatic rings. The molecule has 10 heteroatoms. The monoisotopic (exact) mass is 586 g/mol. The highest BCUT2D eigenvalue weighted by Crippen LogP contribution is 2.27. The molecule has 2 N–H and O–H groups in total. The van der Waals surface area contributed by atoms with Crippen molar-refractivity contribution >= 4 is 21.7 Å². The maximum atomic E-state index is 13.1. The third-order valence-corrected chi connectivity index (χ3v) is 8.68. The molecular weight excluding hydrogens is 540 g/mol. The molecule has 9 nitrogen and oxygen atoms in total. The van der Waals surface area contributed by atoms with E-state index in [1.165, 1.54) is 37.7 Å². The number of sulfonamides is 1. The molecule has 0 radical (unpaired) electrons. The molecule has 41 heavy (non-hydrogen) atoms. The molecule has 0 spiro atoms. The number of benzene rings is 2. The lowest BCUT2D eigenvalue weighted by atomic mass is 9.87. The van der Waals surface area contributed by atoms with E-state index in [1.54, 1.807) is 31.4 Å². The molecule has 2 aliphatic rings. The summed E-state index contributed by atoms with van der Waals surface area (Å²) in [4.78, 5) is 17.5. The minimum atomic E-state index is -3.31. The van der Waals surface area contributed by atoms with Gasteiger partial charge in [-0.1, -0.05) is 44.2 Å². The number of ether oxygens (including phenoxy) is 2. The maximum absolute atomic E-state index is 13.1. The van der Waals surface area contributed by atoms with Gasteiger partial charge in [-0.2, -0.15) is 0 Å². The van der Waals surface area contributed by atoms with Crippen LogP contribution < -0.4 is 14.8 Å². The fourth-order valence-corrected chi connectivity index (χ4v) is 6.42. The highest BCUT2D eigenvalue weighted by atomic mass is 32.2. The summed E-state index contributed by atoms with van der Waals surface area (Å²) in [5.41, 5.74) is 1.70. The van der Waals surface area contributed by atoms with Gasteiger partial charge in [-0.05, 0) is 67.1 Å². The first-order valence-electron chi connectivity index (χ1n) is 14.9. The Kier molecular flexibility index (Phi) is 11.7. The first-order chi connectivity index (χ1) is 19.8. The number of likely N-dealkylation sites (tertiary alicyclic amines) is 1. The Morgan fingerprint density at radius 2 is 1.59 bits per heavy atom. The van der Waals surface area contributed by atoms with E-state index in [0.717, 1.165) is 63.4 Å². The fraction of sp³-hybridized carbons (Fsp3) is 0.581. The van der Waals surface area contributed by atoms with E-state index in [1.807, 2.05) is 17.0 Å². The lowest BCUT2D eigenvalue weighted by molar-refractivity contribution is 0.0928. The van der Waals surface area contributed by atoms with E-state index in [0.29, 0.717) is 24.6 Å². The van der Waals surface area contributed by atoms with E-state index in [2.05, 4.69) is 27.1 Å². The molecule has 2 fully saturated rings. The Morgan fingerprint density at radius 3 is 2.20 bits per heavy atom. The fourth-order valence-electron chi connectivity index (χ4n) is 5.85. The Morgan fingerprint density at radius 1 is 0.951 bits per heavy atom. The first-order valence-corrected chi connectivity index (χ1v) is 16.8. The third-order valence-electron chi connectivity index (χ3n) is 8.07. The van der Waals surface area contributed by atoms with Gasteiger partial charge in [-0.25, -0.2) is 13.2 Å². The van der Waals surface area contributed by atoms with Crippen LogP contribution in [0.5, 0.6) is 11.5 Å². The third kappa shape index (κ3) is 10.5. The zero-order valence-electron chi connectivity index (χ0n) is 24.5. The van der Waals surface area contributed by atoms with Gasteiger partial charge < -0.3 is 19.7 Å². The van der Waals surface area contributed by atoms with Crippen molar-refractivity contribution < 1.29 is 22.7 Å². The molecule has 1 heterocycles. The summed E-state index contributed by atoms with van der Waals surface area (Å²) in [7, 11) is -1.62. The molecule has 2 amide bonds. The Bertz CT molecular complexity index is 1180. The summed E-state index contributed by atoms with van der Waals surface area (Å²) in [6.07, 6.45) is 10.7. The van der Waals surface area contributed by atoms with Crippen LogP contribution in [0.4, 0.5) is 10.5 Å². The van der Waals surface area contributed by atoms with Gasteiger partial charge in [0.1, 0.15) is 11.5 Å². The highest BCUT2D eigenvalue weighted by molar-refractivity contribution is 7.92. The van der Waals surface area contributed by atoms with Crippen LogP contribution in [0.25, 0.3) is 0 Å². The molecule has 1 saturated heterocycles. The zero-order valence-corrected chi connectivity index (χ0v) is 25.3. The maximum Gasteiger partial charge on any atom is 0.317 e. The summed E-state index contributed by atoms with van der Waals surface area (Å²) >= 11 is 0. The summed E-state index contributed by atoms with van der Waals surface area (Å²) in [6, 6.07) is 15.1. The second-order valence-electron chi connectivity index (χ2n) is 11.4. The lowest BCUT2D eigenvalue weighted by Gasteiger charge is -2.38. The van der Waals surface area contributed by atoms with Gasteiger partial charge in [-0.15, -0.1) is 0 Å². The van der Waals surface area contributed by atoms with Gasteiger partial charge >= 0.3 is 6.03 Å². The standard InChI is InChI=1S/C31H46N4O5S/c1-39-23-22-35(31(36)32-19-16-25-6-4-3-5-7-25)28-17-20-34(21-18-28)24-26-8-12-29(13-9-26)40-30-14-10-27(11-15-30)33-41(2,37)38/h8-15,25,28,33H,3-7,16-24H2,1-2H3,(H,32,36). The minimum absolute atomic E-state index is 0.0493. The number of carbonyl (C=O) groups excluding carboxylic acids is 1. The average Bonchev–Trinajstić information content (AvgIpc) is 2.96. The molecule has 1 aliphatic carbocycles. The second kappa shape index (κ2) is 15.4. The van der Waals surface area contributed by atoms with Gasteiger partial charge in [0.2, 0.25) is 10.0 Å². The SMILES string of the molecule is COCCN(C(=O)NCCC1CCCCC1)C1CCN(Cc2ccc(Oc3ccc(NS(C)(=O)=O)cc3)cc2)CC1. The largest absolute Gasteiger partial charge is 0.457 e. The number of piperidine rings is 1. The quantitative estimate of drug-likeness (QED) is 0.324. The molecule has 0 unspecified atom stereocenters. The van der Waals surface area contributed by atoms with Crippen molar-refractivity contribution in [3.05, 3.63) is 54.1 Å². The van der Waals surface area contributed by atoms with E-state index in [9.17, 15) is 13.2 Å². The average molecular weight is 587 g/mol. The summed E-state index contributed by atoms with van der Waals surface area (Å²) in [5, 5.41) is 3.20. The number of methoxy groups -OCH3 is 1. The van der Waals surface area contributed by atoms with Crippen molar-refractivity contribution in [1.29, 1.82) is 0 Å². The van der Waals surface area contributed by atoms with Crippen molar-refractivity contribution in [2.45, 2.75) is 64.0 Å². The molecule has 0 bridgehead atoms. The van der Waals surface area contributed by atoms with E-state index in [4.69, 9.17) is 9.47 Å². The van der Waals surface area contributed by atoms with E-state index < -0.39 is 10.0 Å². The first kappa shape index (κ1) is 31.1. The number of carbonyl (C=O) groups is 1. The predicted molar refractivity (Wildman–Crippen MR) is 163 cm³/mol. The molecule has 2 aromatic carbocycles. The van der Waals surface area contributed by atoms with Gasteiger partial charge in [0.25, 0.3) is 0 Å². The molecule has 1 saturated carbocycles. The molecule has 226 valence electrons. The summed E-state index contributed by atoms with van der Waals surface area (Å²) in [5.74, 6) is 2.12. The summed E-state index contributed by atoms with van der Waals surface area (Å²) < 4.78 is 36.4. The zero-order chi connectivity index (χ0) is 29.1. The van der Waals surface area contributed by atoms with Crippen molar-refractivity contribution in [3.8, 4) is 11.5 Å². The van der Waals surface area contributed by atoms with Crippen LogP contribution in [0.15, 0.2) is 48.5 Å². The molecule has 0 atom stereocenters. The van der Waals surface area contributed by atoms with Crippen molar-refractivity contribution in [3.63, 3.8) is 0 Å². The van der Waals surface area contributed by atoms with Gasteiger partial charge in [0, 0.05) is 51.6 Å². The molecular formula is C31H46N4O5S. The van der Waals surface area contributed by atoms with Crippen molar-refractivity contribution in [2.75, 3.05) is 50.9 Å². The van der Waals surface area contributed by atoms with E-state index in [-0.39, 0.29) is 12.1 Å². The number of anilines is 1. The number of nitrogens with one attached hydrogen (secondary N) is 2. The van der Waals surface area contributed by atoms with Crippen LogP contribution in [0, 0.1) is 5.92 Å². The van der Waals surface area contributed by atoms with Crippen LogP contribution in [0.1, 0.15) is 56.9 Å². The predicted octanol–water partition coefficient (Wildman–Crippen LogP) is 5.44. The number of rotatable bonds is 13. The molecule has 4 rings (SSSR count). The van der Waals surface area contributed by atoms with Crippen LogP contribution >= 0.6 is 0 Å². The number of urea groups is 1. The number of hydrogen-bond donors (Lipinski definition) is 2. The minimum Gasteiger partial charge on any atom is -0.457 e. The van der Waals surface area contributed by atoms with Gasteiger partial charge in [-0.3, -0.25) is 9.62 Å². The summed E-state index contributed by atoms with van der Waals surface area (Å²) in [6.45, 7) is 4.66. The van der Waals surface area contributed by atoms with E-state index >= 15 is 0 Å². The number of amides is 2. The lowest BCUT2D eigenvalue weighted by Crippen LogP contribution is -2.51. The topological polar surface area (TPSA) is 100 Å². The van der Waals surface area contributed by atoms with Crippen LogP contribution in [-0.2, 0) is 21.3 Å². The number of hydrogen-bond acceptors (Lipinski definition) is 6. The van der Waals surface area contributed by atoms with Crippen molar-refractivity contribution in [1.82, 2.24) is 15.1 Å². The van der Waals surface area contributed by atoms with Gasteiger partial charge in [0.15, 0.2) is 0 Å². The Hall–Kier alpha value is -2.82. The Labute approximate surface area is 245 Å².